The van der Waals surface area contributed by atoms with Gasteiger partial charge in [-0.15, -0.1) is 0 Å². The highest BCUT2D eigenvalue weighted by Crippen LogP contribution is 2.37. The zero-order valence-corrected chi connectivity index (χ0v) is 37.5. The van der Waals surface area contributed by atoms with Gasteiger partial charge in [0.15, 0.2) is 0 Å². The summed E-state index contributed by atoms with van der Waals surface area (Å²) in [5.41, 5.74) is 4.40. The number of nitrogens with zero attached hydrogens (tertiary/aromatic N) is 2. The molecule has 1 aromatic heterocycles. The van der Waals surface area contributed by atoms with Gasteiger partial charge in [0.1, 0.15) is 23.9 Å². The van der Waals surface area contributed by atoms with Crippen molar-refractivity contribution in [1.29, 1.82) is 0 Å². The van der Waals surface area contributed by atoms with Crippen LogP contribution in [0.25, 0.3) is 22.0 Å². The summed E-state index contributed by atoms with van der Waals surface area (Å²) in [5.74, 6) is -2.50. The smallest absolute Gasteiger partial charge is 0.427 e. The third-order valence-electron chi connectivity index (χ3n) is 12.5. The molecule has 2 aromatic carbocycles. The second kappa shape index (κ2) is 19.8. The molecule has 3 aliphatic rings. The number of fused-ring (bicyclic) bond motifs is 1. The molecule has 1 saturated heterocycles. The summed E-state index contributed by atoms with van der Waals surface area (Å²) in [6, 6.07) is 14.1. The standard InChI is InChI=1S/C46H58F3N5O9S/c1-27(12-9-10-13-29-16-11-17-35(29)41(56)53-64(59,60)34-19-20-34)22-28(2)39(52-44(58)63-45(3,4)46(47,48)49)43(57)54-26-33(25-38(54)40(50)55)62-42-36-21-18-32(61-5)23-31(36)24-37(51-42)30-14-7-6-8-15-30/h6-8,10,13-15,18,21,23-24,27-29,33-35,38-39H,9,11-12,16-17,19-20,22,25-26H2,1-5H3,(H2,50,55)(H,52,58)(H,53,56)/b13-10-/t27-,28+,29+,33+,35?,38-,39-/m0/s1. The van der Waals surface area contributed by atoms with Crippen LogP contribution in [0.2, 0.25) is 0 Å². The molecule has 2 aliphatic carbocycles. The summed E-state index contributed by atoms with van der Waals surface area (Å²) in [4.78, 5) is 59.6. The topological polar surface area (TPSA) is 196 Å². The number of alkyl carbamates (subject to hydrolysis) is 1. The number of primary amides is 1. The van der Waals surface area contributed by atoms with Gasteiger partial charge in [-0.05, 0) is 106 Å². The third-order valence-corrected chi connectivity index (χ3v) is 14.3. The molecule has 3 fully saturated rings. The van der Waals surface area contributed by atoms with Crippen molar-refractivity contribution in [3.05, 3.63) is 66.7 Å². The SMILES string of the molecule is COc1ccc2c(O[C@@H]3C[C@@H](C(N)=O)N(C(=O)[C@@H](NC(=O)OC(C)(C)C(F)(F)F)[C@H](C)C[C@@H](C)CC/C=C\[C@@H]4CCCC4C(=O)NS(=O)(=O)C4CC4)C3)nc(-c3ccccc3)cc2c1. The van der Waals surface area contributed by atoms with Crippen LogP contribution in [0.15, 0.2) is 66.7 Å². The van der Waals surface area contributed by atoms with E-state index in [2.05, 4.69) is 10.0 Å². The quantitative estimate of drug-likeness (QED) is 0.110. The number of rotatable bonds is 18. The average molecular weight is 914 g/mol. The highest BCUT2D eigenvalue weighted by Gasteiger charge is 2.52. The van der Waals surface area contributed by atoms with Crippen LogP contribution < -0.4 is 25.2 Å². The van der Waals surface area contributed by atoms with E-state index >= 15 is 0 Å². The van der Waals surface area contributed by atoms with Crippen molar-refractivity contribution < 1.29 is 55.0 Å². The Morgan fingerprint density at radius 1 is 1.02 bits per heavy atom. The second-order valence-corrected chi connectivity index (χ2v) is 19.9. The lowest BCUT2D eigenvalue weighted by atomic mass is 9.87. The number of halogens is 3. The number of aromatic nitrogens is 1. The van der Waals surface area contributed by atoms with Crippen molar-refractivity contribution in [2.75, 3.05) is 13.7 Å². The lowest BCUT2D eigenvalue weighted by Crippen LogP contribution is -2.56. The summed E-state index contributed by atoms with van der Waals surface area (Å²) in [5, 5.41) is 3.30. The molecule has 348 valence electrons. The van der Waals surface area contributed by atoms with Crippen molar-refractivity contribution >= 4 is 44.6 Å². The van der Waals surface area contributed by atoms with Gasteiger partial charge in [-0.1, -0.05) is 62.8 Å². The van der Waals surface area contributed by atoms with Crippen molar-refractivity contribution in [2.24, 2.45) is 29.4 Å². The number of likely N-dealkylation sites (tertiary alicyclic amines) is 1. The maximum Gasteiger partial charge on any atom is 0.427 e. The van der Waals surface area contributed by atoms with E-state index < -0.39 is 80.9 Å². The number of nitrogens with one attached hydrogen (secondary N) is 2. The van der Waals surface area contributed by atoms with Gasteiger partial charge in [0.2, 0.25) is 39.2 Å². The van der Waals surface area contributed by atoms with Crippen LogP contribution in [0, 0.1) is 23.7 Å². The number of amides is 4. The summed E-state index contributed by atoms with van der Waals surface area (Å²) < 4.78 is 85.1. The van der Waals surface area contributed by atoms with Crippen LogP contribution in [0.1, 0.15) is 85.5 Å². The summed E-state index contributed by atoms with van der Waals surface area (Å²) in [6.07, 6.45) is 1.49. The fourth-order valence-electron chi connectivity index (χ4n) is 8.57. The Morgan fingerprint density at radius 2 is 1.73 bits per heavy atom. The van der Waals surface area contributed by atoms with Crippen molar-refractivity contribution in [1.82, 2.24) is 19.9 Å². The summed E-state index contributed by atoms with van der Waals surface area (Å²) in [7, 11) is -2.10. The van der Waals surface area contributed by atoms with Crippen molar-refractivity contribution in [3.63, 3.8) is 0 Å². The number of pyridine rings is 1. The minimum atomic E-state index is -4.91. The van der Waals surface area contributed by atoms with Gasteiger partial charge in [0, 0.05) is 23.3 Å². The van der Waals surface area contributed by atoms with Gasteiger partial charge >= 0.3 is 12.3 Å². The van der Waals surface area contributed by atoms with Gasteiger partial charge < -0.3 is 30.2 Å². The number of nitrogens with two attached hydrogens (primary N) is 1. The number of hydrogen-bond donors (Lipinski definition) is 3. The van der Waals surface area contributed by atoms with E-state index in [4.69, 9.17) is 24.9 Å². The number of alkyl halides is 3. The third kappa shape index (κ3) is 11.6. The lowest BCUT2D eigenvalue weighted by Gasteiger charge is -2.33. The number of hydrogen-bond acceptors (Lipinski definition) is 10. The highest BCUT2D eigenvalue weighted by molar-refractivity contribution is 7.90. The molecule has 2 saturated carbocycles. The maximum absolute atomic E-state index is 14.6. The molecule has 4 amide bonds. The van der Waals surface area contributed by atoms with E-state index in [-0.39, 0.29) is 30.7 Å². The minimum absolute atomic E-state index is 0.0226. The monoisotopic (exact) mass is 913 g/mol. The molecule has 3 aromatic rings. The Kier molecular flexibility index (Phi) is 14.9. The molecule has 64 heavy (non-hydrogen) atoms. The normalized spacial score (nSPS) is 21.9. The Labute approximate surface area is 371 Å². The molecule has 18 heteroatoms. The van der Waals surface area contributed by atoms with E-state index in [0.29, 0.717) is 69.2 Å². The number of carbonyl (C=O) groups excluding carboxylic acids is 4. The van der Waals surface area contributed by atoms with Gasteiger partial charge in [0.05, 0.1) is 24.6 Å². The predicted molar refractivity (Wildman–Crippen MR) is 233 cm³/mol. The maximum atomic E-state index is 14.6. The number of allylic oxidation sites excluding steroid dienone is 2. The van der Waals surface area contributed by atoms with Gasteiger partial charge in [0.25, 0.3) is 0 Å². The molecule has 6 rings (SSSR count). The molecular weight excluding hydrogens is 856 g/mol. The molecule has 4 N–H and O–H groups in total. The molecule has 0 radical (unpaired) electrons. The van der Waals surface area contributed by atoms with Gasteiger partial charge in [-0.2, -0.15) is 13.2 Å². The van der Waals surface area contributed by atoms with Crippen LogP contribution in [-0.2, 0) is 29.1 Å². The molecule has 14 nitrogen and oxygen atoms in total. The van der Waals surface area contributed by atoms with Crippen LogP contribution in [0.3, 0.4) is 0 Å². The molecule has 7 atom stereocenters. The van der Waals surface area contributed by atoms with E-state index in [1.54, 1.807) is 26.2 Å². The average Bonchev–Trinajstić information content (AvgIpc) is 3.86. The summed E-state index contributed by atoms with van der Waals surface area (Å²) in [6.45, 7) is 4.87. The Hall–Kier alpha value is -5.39. The first kappa shape index (κ1) is 48.1. The minimum Gasteiger partial charge on any atom is -0.497 e. The zero-order valence-electron chi connectivity index (χ0n) is 36.7. The highest BCUT2D eigenvalue weighted by atomic mass is 32.2. The van der Waals surface area contributed by atoms with Crippen molar-refractivity contribution in [2.45, 2.75) is 121 Å². The molecule has 2 heterocycles. The van der Waals surface area contributed by atoms with Crippen LogP contribution in [0.5, 0.6) is 11.6 Å². The predicted octanol–water partition coefficient (Wildman–Crippen LogP) is 7.20. The molecular formula is C46H58F3N5O9S. The first-order valence-corrected chi connectivity index (χ1v) is 23.3. The van der Waals surface area contributed by atoms with Crippen molar-refractivity contribution in [3.8, 4) is 22.9 Å². The molecule has 0 spiro atoms. The largest absolute Gasteiger partial charge is 0.497 e. The number of carbonyl (C=O) groups is 4. The first-order valence-electron chi connectivity index (χ1n) is 21.8. The molecule has 0 bridgehead atoms. The fraction of sp³-hybridized carbons (Fsp3) is 0.543. The lowest BCUT2D eigenvalue weighted by molar-refractivity contribution is -0.244. The van der Waals surface area contributed by atoms with Gasteiger partial charge in [-0.3, -0.25) is 19.1 Å². The number of ether oxygens (including phenoxy) is 3. The van der Waals surface area contributed by atoms with Crippen LogP contribution >= 0.6 is 0 Å². The zero-order chi connectivity index (χ0) is 46.6. The Balaban J connectivity index is 1.17. The first-order chi connectivity index (χ1) is 30.2. The Bertz CT molecular complexity index is 2320. The Morgan fingerprint density at radius 3 is 2.39 bits per heavy atom. The fourth-order valence-corrected chi connectivity index (χ4v) is 9.92. The van der Waals surface area contributed by atoms with E-state index in [1.807, 2.05) is 61.5 Å². The van der Waals surface area contributed by atoms with E-state index in [9.17, 15) is 40.8 Å². The van der Waals surface area contributed by atoms with E-state index in [1.165, 1.54) is 4.90 Å². The molecule has 1 aliphatic heterocycles. The number of benzene rings is 2. The van der Waals surface area contributed by atoms with Crippen LogP contribution in [-0.4, -0.2) is 91.0 Å². The summed E-state index contributed by atoms with van der Waals surface area (Å²) >= 11 is 0. The number of methoxy groups -OCH3 is 1. The van der Waals surface area contributed by atoms with E-state index in [0.717, 1.165) is 23.8 Å². The van der Waals surface area contributed by atoms with Gasteiger partial charge in [-0.25, -0.2) is 18.2 Å². The number of sulfonamides is 1. The second-order valence-electron chi connectivity index (χ2n) is 17.9. The van der Waals surface area contributed by atoms with Crippen LogP contribution in [0.4, 0.5) is 18.0 Å². The molecule has 1 unspecified atom stereocenters.